The molecular weight excluding hydrogens is 607 g/mol. The van der Waals surface area contributed by atoms with Gasteiger partial charge in [0, 0.05) is 49.9 Å². The van der Waals surface area contributed by atoms with Gasteiger partial charge in [-0.1, -0.05) is 46.8 Å². The molecule has 0 heterocycles. The second-order valence-electron chi connectivity index (χ2n) is 4.90. The molecule has 0 amide bonds. The van der Waals surface area contributed by atoms with Crippen molar-refractivity contribution in [3.05, 3.63) is 74.4 Å². The standard InChI is InChI=1S/C17H10Br2ClFINOS/c1-8(21)5-12(9(2)20)17(24)15-14(23-25-22)6-10-3-4-11(18)7-13(10)16(15)19/h3-7,23H,1-2H2/b12-5+. The fraction of sp³-hybridized carbons (Fsp3) is 0. The molecule has 2 rings (SSSR count). The van der Waals surface area contributed by atoms with E-state index in [1.54, 1.807) is 0 Å². The van der Waals surface area contributed by atoms with Gasteiger partial charge < -0.3 is 4.72 Å². The largest absolute Gasteiger partial charge is 0.320 e. The molecule has 25 heavy (non-hydrogen) atoms. The summed E-state index contributed by atoms with van der Waals surface area (Å²) in [7, 11) is 1.31. The number of allylic oxidation sites excluding steroid dienone is 4. The first-order valence-corrected chi connectivity index (χ1v) is 12.0. The van der Waals surface area contributed by atoms with Crippen molar-refractivity contribution in [2.24, 2.45) is 0 Å². The van der Waals surface area contributed by atoms with Gasteiger partial charge in [-0.15, -0.1) is 0 Å². The van der Waals surface area contributed by atoms with Crippen LogP contribution in [0.1, 0.15) is 10.4 Å². The number of halogens is 5. The van der Waals surface area contributed by atoms with Crippen molar-refractivity contribution in [3.8, 4) is 0 Å². The molecule has 0 atom stereocenters. The van der Waals surface area contributed by atoms with E-state index in [-0.39, 0.29) is 10.6 Å². The molecule has 0 saturated carbocycles. The highest BCUT2D eigenvalue weighted by Crippen LogP contribution is 2.39. The van der Waals surface area contributed by atoms with Crippen LogP contribution in [0.2, 0.25) is 0 Å². The fourth-order valence-corrected chi connectivity index (χ4v) is 4.42. The number of nitrogens with one attached hydrogen (secondary N) is 1. The Balaban J connectivity index is 2.79. The fourth-order valence-electron chi connectivity index (χ4n) is 2.23. The Labute approximate surface area is 182 Å². The number of ketones is 1. The molecule has 0 aliphatic carbocycles. The molecule has 1 N–H and O–H groups in total. The lowest BCUT2D eigenvalue weighted by Crippen LogP contribution is -2.08. The van der Waals surface area contributed by atoms with Gasteiger partial charge in [-0.05, 0) is 51.0 Å². The third-order valence-corrected chi connectivity index (χ3v) is 5.73. The Morgan fingerprint density at radius 2 is 2.00 bits per heavy atom. The van der Waals surface area contributed by atoms with E-state index in [1.165, 1.54) is 9.12 Å². The van der Waals surface area contributed by atoms with E-state index in [4.69, 9.17) is 11.6 Å². The second kappa shape index (κ2) is 9.03. The molecule has 130 valence electrons. The molecule has 0 aliphatic rings. The molecule has 0 radical (unpaired) electrons. The number of hydrogen-bond acceptors (Lipinski definition) is 3. The molecule has 2 aromatic carbocycles. The molecule has 0 bridgehead atoms. The predicted molar refractivity (Wildman–Crippen MR) is 122 cm³/mol. The summed E-state index contributed by atoms with van der Waals surface area (Å²) >= 11 is 14.9. The summed E-state index contributed by atoms with van der Waals surface area (Å²) in [6, 6.07) is 7.59. The third-order valence-electron chi connectivity index (χ3n) is 3.25. The zero-order chi connectivity index (χ0) is 18.7. The Morgan fingerprint density at radius 3 is 2.56 bits per heavy atom. The SMILES string of the molecule is C=C(F)/C=C(\C(=C)Cl)C(=O)c1c(NSI)cc2ccc(Br)cc2c1Br. The molecule has 8 heteroatoms. The van der Waals surface area contributed by atoms with E-state index >= 15 is 0 Å². The lowest BCUT2D eigenvalue weighted by molar-refractivity contribution is 0.103. The van der Waals surface area contributed by atoms with Crippen molar-refractivity contribution in [1.29, 1.82) is 0 Å². The Morgan fingerprint density at radius 1 is 1.32 bits per heavy atom. The average molecular weight is 618 g/mol. The third kappa shape index (κ3) is 4.88. The second-order valence-corrected chi connectivity index (χ2v) is 8.74. The van der Waals surface area contributed by atoms with Gasteiger partial charge in [0.1, 0.15) is 5.83 Å². The van der Waals surface area contributed by atoms with Crippen LogP contribution in [0, 0.1) is 0 Å². The first kappa shape index (κ1) is 21.0. The van der Waals surface area contributed by atoms with Crippen LogP contribution in [0.3, 0.4) is 0 Å². The van der Waals surface area contributed by atoms with Crippen LogP contribution in [-0.4, -0.2) is 5.78 Å². The van der Waals surface area contributed by atoms with Gasteiger partial charge in [0.15, 0.2) is 5.78 Å². The monoisotopic (exact) mass is 615 g/mol. The number of Topliss-reactive ketones (excluding diaryl/α,β-unsaturated/α-hetero) is 1. The number of carbonyl (C=O) groups excluding carboxylic acids is 1. The maximum atomic E-state index is 13.3. The summed E-state index contributed by atoms with van der Waals surface area (Å²) in [5.74, 6) is -1.23. The summed E-state index contributed by atoms with van der Waals surface area (Å²) in [6.45, 7) is 6.72. The van der Waals surface area contributed by atoms with Crippen molar-refractivity contribution in [2.45, 2.75) is 0 Å². The molecule has 0 aliphatic heterocycles. The van der Waals surface area contributed by atoms with Crippen LogP contribution in [0.15, 0.2) is 68.9 Å². The highest BCUT2D eigenvalue weighted by Gasteiger charge is 2.23. The number of benzene rings is 2. The predicted octanol–water partition coefficient (Wildman–Crippen LogP) is 8.12. The van der Waals surface area contributed by atoms with Crippen molar-refractivity contribution in [1.82, 2.24) is 0 Å². The first-order valence-electron chi connectivity index (χ1n) is 6.67. The molecule has 0 spiro atoms. The van der Waals surface area contributed by atoms with E-state index in [9.17, 15) is 9.18 Å². The number of fused-ring (bicyclic) bond motifs is 1. The lowest BCUT2D eigenvalue weighted by Gasteiger charge is -2.15. The van der Waals surface area contributed by atoms with Crippen molar-refractivity contribution < 1.29 is 9.18 Å². The van der Waals surface area contributed by atoms with Crippen LogP contribution < -0.4 is 4.72 Å². The molecule has 2 aromatic rings. The van der Waals surface area contributed by atoms with Gasteiger partial charge in [-0.3, -0.25) is 4.79 Å². The van der Waals surface area contributed by atoms with Crippen LogP contribution >= 0.6 is 73.8 Å². The Hall–Kier alpha value is -0.350. The molecule has 0 aromatic heterocycles. The minimum absolute atomic E-state index is 0.0503. The maximum absolute atomic E-state index is 13.3. The zero-order valence-electron chi connectivity index (χ0n) is 12.5. The highest BCUT2D eigenvalue weighted by atomic mass is 127. The summed E-state index contributed by atoms with van der Waals surface area (Å²) in [5.41, 5.74) is 0.870. The molecule has 0 saturated heterocycles. The summed E-state index contributed by atoms with van der Waals surface area (Å²) in [6.07, 6.45) is 0.982. The average Bonchev–Trinajstić information content (AvgIpc) is 2.53. The minimum Gasteiger partial charge on any atom is -0.320 e. The first-order chi connectivity index (χ1) is 11.8. The quantitative estimate of drug-likeness (QED) is 0.117. The maximum Gasteiger partial charge on any atom is 0.197 e. The van der Waals surface area contributed by atoms with E-state index in [2.05, 4.69) is 70.9 Å². The van der Waals surface area contributed by atoms with Gasteiger partial charge >= 0.3 is 0 Å². The minimum atomic E-state index is -0.775. The molecule has 0 fully saturated rings. The summed E-state index contributed by atoms with van der Waals surface area (Å²) < 4.78 is 17.8. The van der Waals surface area contributed by atoms with Crippen molar-refractivity contribution in [3.63, 3.8) is 0 Å². The normalized spacial score (nSPS) is 11.5. The summed E-state index contributed by atoms with van der Waals surface area (Å²) in [5, 5.41) is 1.71. The van der Waals surface area contributed by atoms with Gasteiger partial charge in [0.25, 0.3) is 0 Å². The highest BCUT2D eigenvalue weighted by molar-refractivity contribution is 14.2. The number of hydrogen-bond donors (Lipinski definition) is 1. The van der Waals surface area contributed by atoms with E-state index in [1.807, 2.05) is 24.3 Å². The molecule has 0 unspecified atom stereocenters. The molecular formula is C17H10Br2ClFINOS. The zero-order valence-corrected chi connectivity index (χ0v) is 19.4. The number of rotatable bonds is 6. The van der Waals surface area contributed by atoms with Gasteiger partial charge in [0.05, 0.1) is 11.3 Å². The van der Waals surface area contributed by atoms with Gasteiger partial charge in [-0.25, -0.2) is 4.39 Å². The Bertz CT molecular complexity index is 932. The van der Waals surface area contributed by atoms with Crippen molar-refractivity contribution in [2.75, 3.05) is 4.72 Å². The number of anilines is 1. The number of carbonyl (C=O) groups is 1. The van der Waals surface area contributed by atoms with E-state index in [0.717, 1.165) is 21.3 Å². The smallest absolute Gasteiger partial charge is 0.197 e. The summed E-state index contributed by atoms with van der Waals surface area (Å²) in [4.78, 5) is 13.1. The van der Waals surface area contributed by atoms with Crippen LogP contribution in [0.4, 0.5) is 10.1 Å². The van der Waals surface area contributed by atoms with E-state index in [0.29, 0.717) is 15.7 Å². The van der Waals surface area contributed by atoms with Crippen LogP contribution in [0.5, 0.6) is 0 Å². The van der Waals surface area contributed by atoms with Crippen molar-refractivity contribution >= 4 is 96.0 Å². The van der Waals surface area contributed by atoms with Gasteiger partial charge in [-0.2, -0.15) is 0 Å². The molecule has 2 nitrogen and oxygen atoms in total. The lowest BCUT2D eigenvalue weighted by atomic mass is 9.97. The van der Waals surface area contributed by atoms with Crippen LogP contribution in [-0.2, 0) is 0 Å². The van der Waals surface area contributed by atoms with Crippen LogP contribution in [0.25, 0.3) is 10.8 Å². The topological polar surface area (TPSA) is 29.1 Å². The van der Waals surface area contributed by atoms with Gasteiger partial charge in [0.2, 0.25) is 0 Å². The Kier molecular flexibility index (Phi) is 7.57. The van der Waals surface area contributed by atoms with E-state index < -0.39 is 11.6 Å².